The molecule has 0 spiro atoms. The Morgan fingerprint density at radius 3 is 2.58 bits per heavy atom. The summed E-state index contributed by atoms with van der Waals surface area (Å²) in [6.45, 7) is 1.81. The molecular weight excluding hydrogens is 249 g/mol. The summed E-state index contributed by atoms with van der Waals surface area (Å²) >= 11 is 0. The summed E-state index contributed by atoms with van der Waals surface area (Å²) in [4.78, 5) is 15.7. The second kappa shape index (κ2) is 5.48. The SMILES string of the molecule is COC(=O)c1cc(C)cnc1Oc1ccc(F)cc1. The van der Waals surface area contributed by atoms with Gasteiger partial charge in [0, 0.05) is 6.20 Å². The average molecular weight is 261 g/mol. The largest absolute Gasteiger partial charge is 0.465 e. The second-order valence-electron chi connectivity index (χ2n) is 3.91. The number of esters is 1. The summed E-state index contributed by atoms with van der Waals surface area (Å²) < 4.78 is 22.9. The van der Waals surface area contributed by atoms with E-state index in [1.165, 1.54) is 31.4 Å². The van der Waals surface area contributed by atoms with Gasteiger partial charge in [-0.05, 0) is 42.8 Å². The van der Waals surface area contributed by atoms with Crippen LogP contribution in [0.5, 0.6) is 11.6 Å². The van der Waals surface area contributed by atoms with Crippen molar-refractivity contribution in [3.63, 3.8) is 0 Å². The number of ether oxygens (including phenoxy) is 2. The van der Waals surface area contributed by atoms with E-state index in [0.29, 0.717) is 5.75 Å². The van der Waals surface area contributed by atoms with Crippen LogP contribution < -0.4 is 4.74 Å². The maximum Gasteiger partial charge on any atom is 0.343 e. The number of benzene rings is 1. The highest BCUT2D eigenvalue weighted by molar-refractivity contribution is 5.92. The number of aromatic nitrogens is 1. The molecule has 0 aliphatic rings. The van der Waals surface area contributed by atoms with Crippen LogP contribution in [0.15, 0.2) is 36.5 Å². The average Bonchev–Trinajstić information content (AvgIpc) is 2.42. The van der Waals surface area contributed by atoms with Crippen molar-refractivity contribution in [2.45, 2.75) is 6.92 Å². The molecule has 0 atom stereocenters. The van der Waals surface area contributed by atoms with E-state index >= 15 is 0 Å². The number of aryl methyl sites for hydroxylation is 1. The minimum absolute atomic E-state index is 0.129. The predicted molar refractivity (Wildman–Crippen MR) is 66.8 cm³/mol. The van der Waals surface area contributed by atoms with Gasteiger partial charge in [0.25, 0.3) is 0 Å². The molecule has 1 heterocycles. The van der Waals surface area contributed by atoms with Gasteiger partial charge in [-0.1, -0.05) is 0 Å². The van der Waals surface area contributed by atoms with Crippen molar-refractivity contribution < 1.29 is 18.7 Å². The first-order valence-corrected chi connectivity index (χ1v) is 5.58. The van der Waals surface area contributed by atoms with Crippen LogP contribution in [-0.2, 0) is 4.74 Å². The summed E-state index contributed by atoms with van der Waals surface area (Å²) in [6, 6.07) is 7.07. The standard InChI is InChI=1S/C14H12FNO3/c1-9-7-12(14(17)18-2)13(16-8-9)19-11-5-3-10(15)4-6-11/h3-8H,1-2H3. The molecule has 1 aromatic heterocycles. The lowest BCUT2D eigenvalue weighted by Gasteiger charge is -2.09. The van der Waals surface area contributed by atoms with E-state index in [0.717, 1.165) is 5.56 Å². The van der Waals surface area contributed by atoms with E-state index in [4.69, 9.17) is 4.74 Å². The molecule has 2 aromatic rings. The summed E-state index contributed by atoms with van der Waals surface area (Å²) in [7, 11) is 1.28. The maximum absolute atomic E-state index is 12.8. The third kappa shape index (κ3) is 3.07. The van der Waals surface area contributed by atoms with E-state index < -0.39 is 5.97 Å². The zero-order valence-corrected chi connectivity index (χ0v) is 10.5. The molecule has 5 heteroatoms. The Labute approximate surface area is 109 Å². The lowest BCUT2D eigenvalue weighted by molar-refractivity contribution is 0.0597. The molecule has 0 fully saturated rings. The fourth-order valence-corrected chi connectivity index (χ4v) is 1.51. The Morgan fingerprint density at radius 2 is 1.95 bits per heavy atom. The van der Waals surface area contributed by atoms with Crippen LogP contribution in [-0.4, -0.2) is 18.1 Å². The van der Waals surface area contributed by atoms with Crippen LogP contribution in [0.25, 0.3) is 0 Å². The van der Waals surface area contributed by atoms with E-state index in [1.807, 2.05) is 0 Å². The second-order valence-corrected chi connectivity index (χ2v) is 3.91. The Bertz CT molecular complexity index is 596. The first kappa shape index (κ1) is 13.0. The van der Waals surface area contributed by atoms with Gasteiger partial charge in [0.15, 0.2) is 0 Å². The normalized spacial score (nSPS) is 10.1. The van der Waals surface area contributed by atoms with Crippen molar-refractivity contribution in [2.24, 2.45) is 0 Å². The number of carbonyl (C=O) groups is 1. The number of hydrogen-bond donors (Lipinski definition) is 0. The summed E-state index contributed by atoms with van der Waals surface area (Å²) in [6.07, 6.45) is 1.57. The smallest absolute Gasteiger partial charge is 0.343 e. The van der Waals surface area contributed by atoms with E-state index in [-0.39, 0.29) is 17.3 Å². The minimum atomic E-state index is -0.534. The lowest BCUT2D eigenvalue weighted by atomic mass is 10.2. The zero-order chi connectivity index (χ0) is 13.8. The third-order valence-electron chi connectivity index (χ3n) is 2.42. The fraction of sp³-hybridized carbons (Fsp3) is 0.143. The van der Waals surface area contributed by atoms with E-state index in [2.05, 4.69) is 9.72 Å². The number of methoxy groups -OCH3 is 1. The number of carbonyl (C=O) groups excluding carboxylic acids is 1. The molecule has 4 nitrogen and oxygen atoms in total. The van der Waals surface area contributed by atoms with Crippen LogP contribution in [0.2, 0.25) is 0 Å². The molecule has 0 aliphatic heterocycles. The topological polar surface area (TPSA) is 48.4 Å². The summed E-state index contributed by atoms with van der Waals surface area (Å²) in [5.41, 5.74) is 1.04. The van der Waals surface area contributed by atoms with E-state index in [9.17, 15) is 9.18 Å². The third-order valence-corrected chi connectivity index (χ3v) is 2.42. The molecule has 0 aliphatic carbocycles. The van der Waals surface area contributed by atoms with Gasteiger partial charge in [-0.25, -0.2) is 14.2 Å². The molecule has 0 bridgehead atoms. The van der Waals surface area contributed by atoms with Crippen molar-refractivity contribution >= 4 is 5.97 Å². The van der Waals surface area contributed by atoms with Crippen LogP contribution in [0.1, 0.15) is 15.9 Å². The van der Waals surface area contributed by atoms with Gasteiger partial charge < -0.3 is 9.47 Å². The van der Waals surface area contributed by atoms with Crippen molar-refractivity contribution in [1.29, 1.82) is 0 Å². The Kier molecular flexibility index (Phi) is 3.75. The van der Waals surface area contributed by atoms with Gasteiger partial charge in [-0.3, -0.25) is 0 Å². The van der Waals surface area contributed by atoms with Gasteiger partial charge in [-0.15, -0.1) is 0 Å². The maximum atomic E-state index is 12.8. The van der Waals surface area contributed by atoms with Crippen molar-refractivity contribution in [3.8, 4) is 11.6 Å². The van der Waals surface area contributed by atoms with Crippen LogP contribution in [0.4, 0.5) is 4.39 Å². The van der Waals surface area contributed by atoms with Gasteiger partial charge in [0.2, 0.25) is 5.88 Å². The Balaban J connectivity index is 2.34. The van der Waals surface area contributed by atoms with Crippen LogP contribution in [0, 0.1) is 12.7 Å². The van der Waals surface area contributed by atoms with Gasteiger partial charge in [0.05, 0.1) is 7.11 Å². The number of nitrogens with zero attached hydrogens (tertiary/aromatic N) is 1. The quantitative estimate of drug-likeness (QED) is 0.796. The van der Waals surface area contributed by atoms with E-state index in [1.54, 1.807) is 19.2 Å². The fourth-order valence-electron chi connectivity index (χ4n) is 1.51. The highest BCUT2D eigenvalue weighted by atomic mass is 19.1. The molecule has 0 radical (unpaired) electrons. The van der Waals surface area contributed by atoms with Crippen molar-refractivity contribution in [3.05, 3.63) is 53.5 Å². The number of halogens is 1. The molecule has 98 valence electrons. The van der Waals surface area contributed by atoms with Crippen molar-refractivity contribution in [2.75, 3.05) is 7.11 Å². The van der Waals surface area contributed by atoms with Gasteiger partial charge >= 0.3 is 5.97 Å². The van der Waals surface area contributed by atoms with Gasteiger partial charge in [-0.2, -0.15) is 0 Å². The number of rotatable bonds is 3. The highest BCUT2D eigenvalue weighted by Crippen LogP contribution is 2.24. The highest BCUT2D eigenvalue weighted by Gasteiger charge is 2.15. The molecule has 2 rings (SSSR count). The molecular formula is C14H12FNO3. The summed E-state index contributed by atoms with van der Waals surface area (Å²) in [5, 5.41) is 0. The van der Waals surface area contributed by atoms with Gasteiger partial charge in [0.1, 0.15) is 17.1 Å². The van der Waals surface area contributed by atoms with Crippen LogP contribution in [0.3, 0.4) is 0 Å². The molecule has 0 amide bonds. The monoisotopic (exact) mass is 261 g/mol. The molecule has 0 unspecified atom stereocenters. The number of pyridine rings is 1. The van der Waals surface area contributed by atoms with Crippen molar-refractivity contribution in [1.82, 2.24) is 4.98 Å². The minimum Gasteiger partial charge on any atom is -0.465 e. The Hall–Kier alpha value is -2.43. The molecule has 0 saturated heterocycles. The molecule has 0 N–H and O–H groups in total. The predicted octanol–water partition coefficient (Wildman–Crippen LogP) is 3.11. The molecule has 19 heavy (non-hydrogen) atoms. The first-order chi connectivity index (χ1) is 9.10. The lowest BCUT2D eigenvalue weighted by Crippen LogP contribution is -2.05. The molecule has 0 saturated carbocycles. The zero-order valence-electron chi connectivity index (χ0n) is 10.5. The Morgan fingerprint density at radius 1 is 1.26 bits per heavy atom. The number of hydrogen-bond acceptors (Lipinski definition) is 4. The first-order valence-electron chi connectivity index (χ1n) is 5.58. The molecule has 1 aromatic carbocycles. The summed E-state index contributed by atoms with van der Waals surface area (Å²) in [5.74, 6) is -0.377. The van der Waals surface area contributed by atoms with Crippen LogP contribution >= 0.6 is 0 Å².